The van der Waals surface area contributed by atoms with Gasteiger partial charge in [0.25, 0.3) is 0 Å². The summed E-state index contributed by atoms with van der Waals surface area (Å²) in [6.07, 6.45) is 16.3. The topological polar surface area (TPSA) is 34.1 Å². The van der Waals surface area contributed by atoms with Crippen molar-refractivity contribution in [2.75, 3.05) is 0 Å². The van der Waals surface area contributed by atoms with Gasteiger partial charge in [-0.15, -0.1) is 0 Å². The van der Waals surface area contributed by atoms with Crippen molar-refractivity contribution in [3.8, 4) is 0 Å². The quantitative estimate of drug-likeness (QED) is 0.631. The van der Waals surface area contributed by atoms with E-state index in [9.17, 15) is 9.59 Å². The van der Waals surface area contributed by atoms with Crippen LogP contribution in [0, 0.1) is 22.2 Å². The molecule has 5 aliphatic rings. The lowest BCUT2D eigenvalue weighted by Gasteiger charge is -2.51. The van der Waals surface area contributed by atoms with Crippen LogP contribution in [0.15, 0.2) is 34.4 Å². The Morgan fingerprint density at radius 1 is 1.19 bits per heavy atom. The molecule has 1 saturated carbocycles. The molecule has 1 spiro atoms. The molecule has 26 heavy (non-hydrogen) atoms. The maximum Gasteiger partial charge on any atom is 0.155 e. The van der Waals surface area contributed by atoms with Crippen LogP contribution < -0.4 is 0 Å². The Kier molecular flexibility index (Phi) is 3.41. The third-order valence-corrected chi connectivity index (χ3v) is 8.61. The van der Waals surface area contributed by atoms with E-state index in [4.69, 9.17) is 0 Å². The Morgan fingerprint density at radius 3 is 2.73 bits per heavy atom. The van der Waals surface area contributed by atoms with E-state index in [2.05, 4.69) is 19.9 Å². The van der Waals surface area contributed by atoms with Gasteiger partial charge in [0.15, 0.2) is 5.78 Å². The smallest absolute Gasteiger partial charge is 0.155 e. The molecule has 1 fully saturated rings. The summed E-state index contributed by atoms with van der Waals surface area (Å²) < 4.78 is 0. The Morgan fingerprint density at radius 2 is 2.00 bits per heavy atom. The molecule has 0 bridgehead atoms. The average Bonchev–Trinajstić information content (AvgIpc) is 3.31. The third-order valence-electron chi connectivity index (χ3n) is 8.61. The van der Waals surface area contributed by atoms with E-state index in [0.717, 1.165) is 25.5 Å². The number of fused-ring (bicyclic) bond motifs is 5. The summed E-state index contributed by atoms with van der Waals surface area (Å²) in [5, 5.41) is 0. The second-order valence-electron chi connectivity index (χ2n) is 10.1. The Labute approximate surface area is 156 Å². The van der Waals surface area contributed by atoms with E-state index in [-0.39, 0.29) is 10.8 Å². The minimum Gasteiger partial charge on any atom is -0.303 e. The van der Waals surface area contributed by atoms with Gasteiger partial charge in [0.1, 0.15) is 6.29 Å². The maximum atomic E-state index is 12.2. The van der Waals surface area contributed by atoms with Gasteiger partial charge in [-0.2, -0.15) is 0 Å². The Bertz CT molecular complexity index is 791. The molecule has 0 aliphatic heterocycles. The molecular weight excluding hydrogens is 320 g/mol. The van der Waals surface area contributed by atoms with Crippen molar-refractivity contribution in [1.29, 1.82) is 0 Å². The molecule has 3 atom stereocenters. The molecule has 2 nitrogen and oxygen atoms in total. The van der Waals surface area contributed by atoms with Crippen LogP contribution in [0.25, 0.3) is 0 Å². The lowest BCUT2D eigenvalue weighted by Crippen LogP contribution is -2.40. The molecule has 0 amide bonds. The highest BCUT2D eigenvalue weighted by Crippen LogP contribution is 2.71. The van der Waals surface area contributed by atoms with Crippen LogP contribution in [0.4, 0.5) is 0 Å². The lowest BCUT2D eigenvalue weighted by molar-refractivity contribution is -0.115. The van der Waals surface area contributed by atoms with E-state index in [1.807, 2.05) is 6.08 Å². The second kappa shape index (κ2) is 5.30. The van der Waals surface area contributed by atoms with Gasteiger partial charge in [0.2, 0.25) is 0 Å². The SMILES string of the molecule is CC12CCC(=O)C=C1C1(CC1)CC1=C2CCC2C1=CC[C@@]2(C)CCC=O. The van der Waals surface area contributed by atoms with Gasteiger partial charge >= 0.3 is 0 Å². The van der Waals surface area contributed by atoms with Gasteiger partial charge in [0, 0.05) is 18.3 Å². The Balaban J connectivity index is 1.57. The first-order valence-corrected chi connectivity index (χ1v) is 10.5. The van der Waals surface area contributed by atoms with Gasteiger partial charge in [-0.05, 0) is 85.3 Å². The van der Waals surface area contributed by atoms with Crippen molar-refractivity contribution in [2.45, 2.75) is 78.1 Å². The van der Waals surface area contributed by atoms with Gasteiger partial charge in [0.05, 0.1) is 0 Å². The molecular formula is C24H30O2. The molecule has 0 aromatic rings. The summed E-state index contributed by atoms with van der Waals surface area (Å²) in [4.78, 5) is 23.1. The van der Waals surface area contributed by atoms with E-state index in [0.29, 0.717) is 30.0 Å². The molecule has 0 saturated heterocycles. The second-order valence-corrected chi connectivity index (χ2v) is 10.1. The summed E-state index contributed by atoms with van der Waals surface area (Å²) in [6, 6.07) is 0. The van der Waals surface area contributed by atoms with Gasteiger partial charge in [-0.1, -0.05) is 31.1 Å². The summed E-state index contributed by atoms with van der Waals surface area (Å²) in [6.45, 7) is 4.83. The zero-order chi connectivity index (χ0) is 18.2. The van der Waals surface area contributed by atoms with E-state index >= 15 is 0 Å². The predicted octanol–water partition coefficient (Wildman–Crippen LogP) is 5.49. The predicted molar refractivity (Wildman–Crippen MR) is 103 cm³/mol. The van der Waals surface area contributed by atoms with Gasteiger partial charge < -0.3 is 4.79 Å². The van der Waals surface area contributed by atoms with Crippen LogP contribution in [0.2, 0.25) is 0 Å². The maximum absolute atomic E-state index is 12.2. The van der Waals surface area contributed by atoms with Crippen LogP contribution in [-0.2, 0) is 9.59 Å². The minimum absolute atomic E-state index is 0.131. The molecule has 0 N–H and O–H groups in total. The summed E-state index contributed by atoms with van der Waals surface area (Å²) >= 11 is 0. The van der Waals surface area contributed by atoms with E-state index < -0.39 is 0 Å². The number of hydrogen-bond donors (Lipinski definition) is 0. The number of carbonyl (C=O) groups is 2. The highest BCUT2D eigenvalue weighted by molar-refractivity contribution is 5.92. The molecule has 0 aromatic heterocycles. The fourth-order valence-corrected chi connectivity index (χ4v) is 6.92. The largest absolute Gasteiger partial charge is 0.303 e. The van der Waals surface area contributed by atoms with Crippen molar-refractivity contribution in [3.63, 3.8) is 0 Å². The number of allylic oxidation sites excluding steroid dienone is 6. The van der Waals surface area contributed by atoms with Crippen molar-refractivity contribution in [2.24, 2.45) is 22.2 Å². The minimum atomic E-state index is 0.131. The van der Waals surface area contributed by atoms with Gasteiger partial charge in [-0.3, -0.25) is 4.79 Å². The number of hydrogen-bond acceptors (Lipinski definition) is 2. The molecule has 2 heteroatoms. The molecule has 0 aromatic carbocycles. The van der Waals surface area contributed by atoms with Crippen molar-refractivity contribution in [3.05, 3.63) is 34.4 Å². The zero-order valence-electron chi connectivity index (χ0n) is 16.2. The molecule has 138 valence electrons. The number of rotatable bonds is 3. The van der Waals surface area contributed by atoms with Crippen molar-refractivity contribution >= 4 is 12.1 Å². The van der Waals surface area contributed by atoms with Crippen LogP contribution >= 0.6 is 0 Å². The van der Waals surface area contributed by atoms with E-state index in [1.165, 1.54) is 37.7 Å². The fraction of sp³-hybridized carbons (Fsp3) is 0.667. The summed E-state index contributed by atoms with van der Waals surface area (Å²) in [7, 11) is 0. The fourth-order valence-electron chi connectivity index (χ4n) is 6.92. The first-order valence-electron chi connectivity index (χ1n) is 10.5. The highest BCUT2D eigenvalue weighted by atomic mass is 16.1. The molecule has 0 radical (unpaired) electrons. The monoisotopic (exact) mass is 350 g/mol. The standard InChI is InChI=1S/C24H30O2/c1-22(8-3-13-25)9-7-17-18-15-24(11-12-24)21-14-16(26)6-10-23(21,2)20(18)5-4-19(17)22/h7,13-14,19H,3-6,8-12,15H2,1-2H3/t19?,22-,23?/m1/s1. The summed E-state index contributed by atoms with van der Waals surface area (Å²) in [5.74, 6) is 0.986. The normalized spacial score (nSPS) is 39.8. The molecule has 0 heterocycles. The highest BCUT2D eigenvalue weighted by Gasteiger charge is 2.59. The lowest BCUT2D eigenvalue weighted by atomic mass is 9.53. The average molecular weight is 351 g/mol. The first kappa shape index (κ1) is 16.7. The van der Waals surface area contributed by atoms with Crippen molar-refractivity contribution < 1.29 is 9.59 Å². The van der Waals surface area contributed by atoms with E-state index in [1.54, 1.807) is 16.7 Å². The van der Waals surface area contributed by atoms with Crippen LogP contribution in [0.3, 0.4) is 0 Å². The number of ketones is 1. The zero-order valence-corrected chi connectivity index (χ0v) is 16.2. The molecule has 5 aliphatic carbocycles. The van der Waals surface area contributed by atoms with Crippen LogP contribution in [0.1, 0.15) is 78.1 Å². The van der Waals surface area contributed by atoms with Crippen LogP contribution in [-0.4, -0.2) is 12.1 Å². The van der Waals surface area contributed by atoms with Gasteiger partial charge in [-0.25, -0.2) is 0 Å². The third kappa shape index (κ3) is 2.11. The molecule has 2 unspecified atom stereocenters. The van der Waals surface area contributed by atoms with Crippen LogP contribution in [0.5, 0.6) is 0 Å². The first-order chi connectivity index (χ1) is 12.4. The Hall–Kier alpha value is -1.44. The summed E-state index contributed by atoms with van der Waals surface area (Å²) in [5.41, 5.74) is 7.15. The molecule has 5 rings (SSSR count). The van der Waals surface area contributed by atoms with Crippen molar-refractivity contribution in [1.82, 2.24) is 0 Å². The number of aldehydes is 1. The number of carbonyl (C=O) groups excluding carboxylic acids is 2.